The summed E-state index contributed by atoms with van der Waals surface area (Å²) in [4.78, 5) is 16.1. The number of primary amides is 1. The molecule has 0 aliphatic heterocycles. The highest BCUT2D eigenvalue weighted by atomic mass is 16.5. The highest BCUT2D eigenvalue weighted by Crippen LogP contribution is 2.19. The minimum atomic E-state index is -0.657. The van der Waals surface area contributed by atoms with Crippen LogP contribution >= 0.6 is 0 Å². The molecule has 0 fully saturated rings. The third kappa shape index (κ3) is 2.96. The van der Waals surface area contributed by atoms with Crippen LogP contribution in [0.25, 0.3) is 11.0 Å². The molecule has 0 saturated heterocycles. The molecular weight excluding hydrogens is 306 g/mol. The van der Waals surface area contributed by atoms with Crippen LogP contribution in [0.4, 0.5) is 5.69 Å². The monoisotopic (exact) mass is 319 g/mol. The Morgan fingerprint density at radius 2 is 1.96 bits per heavy atom. The molecule has 3 rings (SSSR count). The maximum atomic E-state index is 11.7. The van der Waals surface area contributed by atoms with Gasteiger partial charge in [-0.25, -0.2) is 4.99 Å². The van der Waals surface area contributed by atoms with Gasteiger partial charge in [0.15, 0.2) is 0 Å². The van der Waals surface area contributed by atoms with E-state index in [1.807, 2.05) is 6.07 Å². The molecule has 0 radical (unpaired) electrons. The van der Waals surface area contributed by atoms with Gasteiger partial charge < -0.3 is 14.9 Å². The summed E-state index contributed by atoms with van der Waals surface area (Å²) in [6.45, 7) is 0. The lowest BCUT2D eigenvalue weighted by Crippen LogP contribution is -2.21. The molecule has 1 heterocycles. The van der Waals surface area contributed by atoms with Crippen LogP contribution in [0, 0.1) is 11.3 Å². The lowest BCUT2D eigenvalue weighted by atomic mass is 10.1. The first-order valence-corrected chi connectivity index (χ1v) is 7.07. The molecule has 6 heteroatoms. The van der Waals surface area contributed by atoms with Crippen molar-refractivity contribution in [1.29, 1.82) is 5.26 Å². The molecule has 118 valence electrons. The van der Waals surface area contributed by atoms with Gasteiger partial charge in [0, 0.05) is 5.39 Å². The zero-order chi connectivity index (χ0) is 17.1. The van der Waals surface area contributed by atoms with Crippen molar-refractivity contribution in [2.45, 2.75) is 0 Å². The maximum Gasteiger partial charge on any atom is 0.254 e. The van der Waals surface area contributed by atoms with E-state index >= 15 is 0 Å². The summed E-state index contributed by atoms with van der Waals surface area (Å²) in [7, 11) is 1.57. The van der Waals surface area contributed by atoms with E-state index in [1.165, 1.54) is 0 Å². The Kier molecular flexibility index (Phi) is 4.00. The first-order chi connectivity index (χ1) is 11.6. The van der Waals surface area contributed by atoms with Gasteiger partial charge in [0.05, 0.1) is 24.4 Å². The fourth-order valence-electron chi connectivity index (χ4n) is 2.23. The average Bonchev–Trinajstić information content (AvgIpc) is 2.61. The Balaban J connectivity index is 2.21. The van der Waals surface area contributed by atoms with Crippen molar-refractivity contribution < 1.29 is 13.9 Å². The molecule has 6 nitrogen and oxygen atoms in total. The van der Waals surface area contributed by atoms with Crippen LogP contribution < -0.4 is 16.0 Å². The van der Waals surface area contributed by atoms with Gasteiger partial charge in [-0.2, -0.15) is 5.26 Å². The van der Waals surface area contributed by atoms with Crippen LogP contribution in [0.5, 0.6) is 5.75 Å². The smallest absolute Gasteiger partial charge is 0.254 e. The lowest BCUT2D eigenvalue weighted by Gasteiger charge is -2.03. The van der Waals surface area contributed by atoms with Crippen molar-refractivity contribution in [2.24, 2.45) is 10.7 Å². The van der Waals surface area contributed by atoms with Crippen molar-refractivity contribution in [2.75, 3.05) is 7.11 Å². The van der Waals surface area contributed by atoms with E-state index < -0.39 is 5.91 Å². The van der Waals surface area contributed by atoms with Crippen molar-refractivity contribution in [3.8, 4) is 11.8 Å². The maximum absolute atomic E-state index is 11.7. The number of carbonyl (C=O) groups excluding carboxylic acids is 1. The van der Waals surface area contributed by atoms with E-state index in [9.17, 15) is 4.79 Å². The summed E-state index contributed by atoms with van der Waals surface area (Å²) in [6.07, 6.45) is 0. The molecule has 3 aromatic rings. The summed E-state index contributed by atoms with van der Waals surface area (Å²) in [5.41, 5.74) is 7.26. The van der Waals surface area contributed by atoms with Crippen LogP contribution in [0.1, 0.15) is 15.9 Å². The van der Waals surface area contributed by atoms with E-state index in [1.54, 1.807) is 55.6 Å². The van der Waals surface area contributed by atoms with Gasteiger partial charge in [-0.15, -0.1) is 0 Å². The number of hydrogen-bond donors (Lipinski definition) is 1. The predicted octanol–water partition coefficient (Wildman–Crippen LogP) is 2.64. The third-order valence-electron chi connectivity index (χ3n) is 3.44. The molecule has 1 aromatic heterocycles. The Labute approximate surface area is 137 Å². The molecule has 0 bridgehead atoms. The number of carbonyl (C=O) groups is 1. The number of benzene rings is 2. The third-order valence-corrected chi connectivity index (χ3v) is 3.44. The number of hydrogen-bond acceptors (Lipinski definition) is 5. The Morgan fingerprint density at radius 1 is 1.21 bits per heavy atom. The van der Waals surface area contributed by atoms with Crippen molar-refractivity contribution in [1.82, 2.24) is 0 Å². The fraction of sp³-hybridized carbons (Fsp3) is 0.0556. The second kappa shape index (κ2) is 6.26. The zero-order valence-electron chi connectivity index (χ0n) is 12.8. The van der Waals surface area contributed by atoms with Crippen LogP contribution in [-0.2, 0) is 0 Å². The van der Waals surface area contributed by atoms with Gasteiger partial charge in [0.2, 0.25) is 5.55 Å². The van der Waals surface area contributed by atoms with Gasteiger partial charge in [0.25, 0.3) is 5.91 Å². The van der Waals surface area contributed by atoms with Gasteiger partial charge in [-0.05, 0) is 48.5 Å². The molecule has 0 spiro atoms. The molecule has 0 atom stereocenters. The number of methoxy groups -OCH3 is 1. The normalized spacial score (nSPS) is 11.2. The van der Waals surface area contributed by atoms with Gasteiger partial charge in [-0.3, -0.25) is 4.79 Å². The minimum absolute atomic E-state index is 0.116. The quantitative estimate of drug-likeness (QED) is 0.801. The number of nitrogens with zero attached hydrogens (tertiary/aromatic N) is 2. The van der Waals surface area contributed by atoms with E-state index in [0.29, 0.717) is 28.0 Å². The minimum Gasteiger partial charge on any atom is -0.497 e. The Hall–Kier alpha value is -3.59. The lowest BCUT2D eigenvalue weighted by molar-refractivity contribution is 0.0996. The fourth-order valence-corrected chi connectivity index (χ4v) is 2.23. The van der Waals surface area contributed by atoms with Crippen molar-refractivity contribution in [3.63, 3.8) is 0 Å². The Morgan fingerprint density at radius 3 is 2.58 bits per heavy atom. The van der Waals surface area contributed by atoms with Crippen LogP contribution in [0.15, 0.2) is 57.9 Å². The number of nitrogens with two attached hydrogens (primary N) is 1. The summed E-state index contributed by atoms with van der Waals surface area (Å²) >= 11 is 0. The van der Waals surface area contributed by atoms with Crippen LogP contribution in [-0.4, -0.2) is 13.0 Å². The molecule has 1 amide bonds. The number of rotatable bonds is 3. The molecule has 0 saturated carbocycles. The SMILES string of the molecule is COc1ccc(/N=c2\oc3ccc(C#N)cc3cc2C(N)=O)cc1. The van der Waals surface area contributed by atoms with Crippen molar-refractivity contribution in [3.05, 3.63) is 65.2 Å². The molecular formula is C18H13N3O3. The molecule has 0 aliphatic carbocycles. The first-order valence-electron chi connectivity index (χ1n) is 7.07. The van der Waals surface area contributed by atoms with Gasteiger partial charge >= 0.3 is 0 Å². The van der Waals surface area contributed by atoms with E-state index in [0.717, 1.165) is 0 Å². The topological polar surface area (TPSA) is 102 Å². The van der Waals surface area contributed by atoms with Crippen LogP contribution in [0.2, 0.25) is 0 Å². The van der Waals surface area contributed by atoms with Gasteiger partial charge in [-0.1, -0.05) is 0 Å². The van der Waals surface area contributed by atoms with Crippen LogP contribution in [0.3, 0.4) is 0 Å². The zero-order valence-corrected chi connectivity index (χ0v) is 12.8. The van der Waals surface area contributed by atoms with Gasteiger partial charge in [0.1, 0.15) is 16.9 Å². The number of fused-ring (bicyclic) bond motifs is 1. The largest absolute Gasteiger partial charge is 0.497 e. The Bertz CT molecular complexity index is 1030. The number of amides is 1. The second-order valence-corrected chi connectivity index (χ2v) is 5.00. The molecule has 2 aromatic carbocycles. The average molecular weight is 319 g/mol. The highest BCUT2D eigenvalue weighted by Gasteiger charge is 2.10. The predicted molar refractivity (Wildman–Crippen MR) is 87.7 cm³/mol. The van der Waals surface area contributed by atoms with E-state index in [4.69, 9.17) is 20.1 Å². The number of ether oxygens (including phenoxy) is 1. The molecule has 2 N–H and O–H groups in total. The van der Waals surface area contributed by atoms with Crippen molar-refractivity contribution >= 4 is 22.6 Å². The first kappa shape index (κ1) is 15.3. The molecule has 24 heavy (non-hydrogen) atoms. The summed E-state index contributed by atoms with van der Waals surface area (Å²) in [5, 5.41) is 9.57. The second-order valence-electron chi connectivity index (χ2n) is 5.00. The van der Waals surface area contributed by atoms with E-state index in [-0.39, 0.29) is 11.1 Å². The molecule has 0 aliphatic rings. The summed E-state index contributed by atoms with van der Waals surface area (Å²) < 4.78 is 10.8. The summed E-state index contributed by atoms with van der Waals surface area (Å²) in [5.74, 6) is 0.0406. The number of nitriles is 1. The van der Waals surface area contributed by atoms with E-state index in [2.05, 4.69) is 4.99 Å². The standard InChI is InChI=1S/C18H13N3O3/c1-23-14-5-3-13(4-6-14)21-18-15(17(20)22)9-12-8-11(10-19)2-7-16(12)24-18/h2-9H,1H3,(H2,20,22)/b21-18-. The highest BCUT2D eigenvalue weighted by molar-refractivity contribution is 5.95. The molecule has 0 unspecified atom stereocenters. The summed E-state index contributed by atoms with van der Waals surface area (Å²) in [6, 6.07) is 15.5.